The van der Waals surface area contributed by atoms with E-state index >= 15 is 0 Å². The van der Waals surface area contributed by atoms with Gasteiger partial charge in [0.05, 0.1) is 12.1 Å². The first kappa shape index (κ1) is 12.2. The number of hydrogen-bond acceptors (Lipinski definition) is 4. The number of carboxylic acid groups (broad SMARTS) is 1. The Morgan fingerprint density at radius 1 is 1.59 bits per heavy atom. The van der Waals surface area contributed by atoms with E-state index in [1.165, 1.54) is 0 Å². The van der Waals surface area contributed by atoms with Crippen LogP contribution in [-0.2, 0) is 11.0 Å². The molecule has 0 aliphatic carbocycles. The molecule has 94 valence electrons. The molecule has 1 aromatic rings. The van der Waals surface area contributed by atoms with E-state index in [-0.39, 0.29) is 11.7 Å². The maximum Gasteiger partial charge on any atom is 0.427 e. The molecule has 0 spiro atoms. The summed E-state index contributed by atoms with van der Waals surface area (Å²) in [5.41, 5.74) is 0. The predicted octanol–water partition coefficient (Wildman–Crippen LogP) is 2.07. The molecular formula is C9H9F3N2O2S. The second-order valence-corrected chi connectivity index (χ2v) is 4.78. The third-order valence-electron chi connectivity index (χ3n) is 2.58. The number of hydrogen-bond donors (Lipinski definition) is 1. The Bertz CT molecular complexity index is 432. The molecule has 0 amide bonds. The first-order valence-electron chi connectivity index (χ1n) is 4.88. The SMILES string of the molecule is O=C(O)C1CCN(c2ncc(C(F)(F)F)s2)C1. The highest BCUT2D eigenvalue weighted by molar-refractivity contribution is 7.15. The Morgan fingerprint density at radius 2 is 2.29 bits per heavy atom. The largest absolute Gasteiger partial charge is 0.481 e. The van der Waals surface area contributed by atoms with Gasteiger partial charge in [-0.25, -0.2) is 4.98 Å². The van der Waals surface area contributed by atoms with Gasteiger partial charge in [0.1, 0.15) is 4.88 Å². The van der Waals surface area contributed by atoms with Gasteiger partial charge in [0.15, 0.2) is 5.13 Å². The normalized spacial score (nSPS) is 20.9. The fourth-order valence-corrected chi connectivity index (χ4v) is 2.50. The van der Waals surface area contributed by atoms with Gasteiger partial charge >= 0.3 is 12.1 Å². The van der Waals surface area contributed by atoms with Gasteiger partial charge in [-0.3, -0.25) is 4.79 Å². The highest BCUT2D eigenvalue weighted by Gasteiger charge is 2.35. The number of carboxylic acids is 1. The van der Waals surface area contributed by atoms with Gasteiger partial charge in [-0.2, -0.15) is 13.2 Å². The molecular weight excluding hydrogens is 257 g/mol. The van der Waals surface area contributed by atoms with E-state index in [2.05, 4.69) is 4.98 Å². The van der Waals surface area contributed by atoms with Crippen molar-refractivity contribution in [2.75, 3.05) is 18.0 Å². The molecule has 4 nitrogen and oxygen atoms in total. The van der Waals surface area contributed by atoms with Gasteiger partial charge in [-0.1, -0.05) is 11.3 Å². The number of anilines is 1. The molecule has 0 bridgehead atoms. The zero-order chi connectivity index (χ0) is 12.6. The first-order chi connectivity index (χ1) is 7.88. The molecule has 0 radical (unpaired) electrons. The van der Waals surface area contributed by atoms with Gasteiger partial charge in [0.2, 0.25) is 0 Å². The number of aliphatic carboxylic acids is 1. The van der Waals surface area contributed by atoms with E-state index in [0.717, 1.165) is 6.20 Å². The highest BCUT2D eigenvalue weighted by Crippen LogP contribution is 2.37. The van der Waals surface area contributed by atoms with Crippen molar-refractivity contribution in [3.8, 4) is 0 Å². The topological polar surface area (TPSA) is 53.4 Å². The number of nitrogens with zero attached hydrogens (tertiary/aromatic N) is 2. The van der Waals surface area contributed by atoms with Gasteiger partial charge < -0.3 is 10.0 Å². The molecule has 1 aliphatic heterocycles. The molecule has 1 aliphatic rings. The van der Waals surface area contributed by atoms with Crippen LogP contribution in [0.1, 0.15) is 11.3 Å². The van der Waals surface area contributed by atoms with E-state index in [1.54, 1.807) is 4.90 Å². The summed E-state index contributed by atoms with van der Waals surface area (Å²) in [4.78, 5) is 15.2. The van der Waals surface area contributed by atoms with Crippen LogP contribution in [-0.4, -0.2) is 29.1 Å². The van der Waals surface area contributed by atoms with Gasteiger partial charge in [-0.05, 0) is 6.42 Å². The number of alkyl halides is 3. The molecule has 1 unspecified atom stereocenters. The summed E-state index contributed by atoms with van der Waals surface area (Å²) in [5, 5.41) is 9.03. The minimum absolute atomic E-state index is 0.222. The molecule has 1 N–H and O–H groups in total. The molecule has 1 fully saturated rings. The quantitative estimate of drug-likeness (QED) is 0.890. The van der Waals surface area contributed by atoms with E-state index < -0.39 is 22.9 Å². The van der Waals surface area contributed by atoms with Crippen molar-refractivity contribution in [1.29, 1.82) is 0 Å². The maximum absolute atomic E-state index is 12.4. The lowest BCUT2D eigenvalue weighted by Gasteiger charge is -2.13. The molecule has 2 rings (SSSR count). The predicted molar refractivity (Wildman–Crippen MR) is 55.1 cm³/mol. The summed E-state index contributed by atoms with van der Waals surface area (Å²) in [6.07, 6.45) is -3.16. The number of halogens is 3. The Hall–Kier alpha value is -1.31. The van der Waals surface area contributed by atoms with Crippen LogP contribution < -0.4 is 4.90 Å². The van der Waals surface area contributed by atoms with Crippen molar-refractivity contribution in [2.24, 2.45) is 5.92 Å². The van der Waals surface area contributed by atoms with Crippen LogP contribution in [0.25, 0.3) is 0 Å². The van der Waals surface area contributed by atoms with Crippen molar-refractivity contribution in [3.63, 3.8) is 0 Å². The lowest BCUT2D eigenvalue weighted by Crippen LogP contribution is -2.22. The molecule has 17 heavy (non-hydrogen) atoms. The van der Waals surface area contributed by atoms with E-state index in [4.69, 9.17) is 5.11 Å². The lowest BCUT2D eigenvalue weighted by atomic mass is 10.1. The van der Waals surface area contributed by atoms with Crippen molar-refractivity contribution in [2.45, 2.75) is 12.6 Å². The Kier molecular flexibility index (Phi) is 2.98. The number of aromatic nitrogens is 1. The van der Waals surface area contributed by atoms with E-state index in [9.17, 15) is 18.0 Å². The zero-order valence-corrected chi connectivity index (χ0v) is 9.38. The summed E-state index contributed by atoms with van der Waals surface area (Å²) in [6, 6.07) is 0. The Labute approximate surface area is 98.7 Å². The van der Waals surface area contributed by atoms with Crippen molar-refractivity contribution in [3.05, 3.63) is 11.1 Å². The lowest BCUT2D eigenvalue weighted by molar-refractivity contribution is -0.141. The van der Waals surface area contributed by atoms with Crippen LogP contribution in [0, 0.1) is 5.92 Å². The molecule has 0 saturated carbocycles. The zero-order valence-electron chi connectivity index (χ0n) is 8.57. The summed E-state index contributed by atoms with van der Waals surface area (Å²) >= 11 is 0.548. The van der Waals surface area contributed by atoms with Crippen molar-refractivity contribution >= 4 is 22.4 Å². The summed E-state index contributed by atoms with van der Waals surface area (Å²) in [5.74, 6) is -1.44. The van der Waals surface area contributed by atoms with E-state index in [1.807, 2.05) is 0 Å². The number of carbonyl (C=O) groups is 1. The summed E-state index contributed by atoms with van der Waals surface area (Å²) in [7, 11) is 0. The molecule has 8 heteroatoms. The smallest absolute Gasteiger partial charge is 0.427 e. The fourth-order valence-electron chi connectivity index (χ4n) is 1.68. The summed E-state index contributed by atoms with van der Waals surface area (Å²) < 4.78 is 37.1. The van der Waals surface area contributed by atoms with Crippen LogP contribution in [0.15, 0.2) is 6.20 Å². The summed E-state index contributed by atoms with van der Waals surface area (Å²) in [6.45, 7) is 0.655. The molecule has 1 saturated heterocycles. The van der Waals surface area contributed by atoms with Crippen LogP contribution in [0.2, 0.25) is 0 Å². The Balaban J connectivity index is 2.10. The minimum Gasteiger partial charge on any atom is -0.481 e. The van der Waals surface area contributed by atoms with Gasteiger partial charge in [0.25, 0.3) is 0 Å². The number of rotatable bonds is 2. The molecule has 0 aromatic carbocycles. The first-order valence-corrected chi connectivity index (χ1v) is 5.70. The maximum atomic E-state index is 12.4. The van der Waals surface area contributed by atoms with Gasteiger partial charge in [-0.15, -0.1) is 0 Å². The second-order valence-electron chi connectivity index (χ2n) is 3.77. The van der Waals surface area contributed by atoms with E-state index in [0.29, 0.717) is 24.3 Å². The second kappa shape index (κ2) is 4.17. The van der Waals surface area contributed by atoms with Crippen LogP contribution in [0.5, 0.6) is 0 Å². The third-order valence-corrected chi connectivity index (χ3v) is 3.68. The third kappa shape index (κ3) is 2.51. The minimum atomic E-state index is -4.39. The van der Waals surface area contributed by atoms with Crippen molar-refractivity contribution in [1.82, 2.24) is 4.98 Å². The average Bonchev–Trinajstić information content (AvgIpc) is 2.85. The highest BCUT2D eigenvalue weighted by atomic mass is 32.1. The standard InChI is InChI=1S/C9H9F3N2O2S/c10-9(11,12)6-3-13-8(17-6)14-2-1-5(4-14)7(15)16/h3,5H,1-2,4H2,(H,15,16). The average molecular weight is 266 g/mol. The van der Waals surface area contributed by atoms with Crippen LogP contribution in [0.3, 0.4) is 0 Å². The Morgan fingerprint density at radius 3 is 2.76 bits per heavy atom. The van der Waals surface area contributed by atoms with Gasteiger partial charge in [0, 0.05) is 13.1 Å². The van der Waals surface area contributed by atoms with Crippen molar-refractivity contribution < 1.29 is 23.1 Å². The van der Waals surface area contributed by atoms with Crippen LogP contribution >= 0.6 is 11.3 Å². The monoisotopic (exact) mass is 266 g/mol. The number of thiazole rings is 1. The molecule has 1 aromatic heterocycles. The molecule has 2 heterocycles. The molecule has 1 atom stereocenters. The van der Waals surface area contributed by atoms with Crippen LogP contribution in [0.4, 0.5) is 18.3 Å². The fraction of sp³-hybridized carbons (Fsp3) is 0.556.